The van der Waals surface area contributed by atoms with E-state index in [0.29, 0.717) is 11.5 Å². The zero-order valence-corrected chi connectivity index (χ0v) is 18.6. The maximum atomic E-state index is 11.9. The zero-order chi connectivity index (χ0) is 22.4. The molecule has 5 N–H and O–H groups in total. The lowest BCUT2D eigenvalue weighted by atomic mass is 10.1. The third-order valence-corrected chi connectivity index (χ3v) is 5.05. The molecule has 2 heterocycles. The van der Waals surface area contributed by atoms with Crippen LogP contribution in [0.1, 0.15) is 25.0 Å². The zero-order valence-electron chi connectivity index (χ0n) is 18.6. The van der Waals surface area contributed by atoms with E-state index < -0.39 is 0 Å². The van der Waals surface area contributed by atoms with Crippen LogP contribution in [0.5, 0.6) is 0 Å². The van der Waals surface area contributed by atoms with E-state index in [-0.39, 0.29) is 5.56 Å². The fraction of sp³-hybridized carbons (Fsp3) is 0.240. The van der Waals surface area contributed by atoms with Crippen molar-refractivity contribution in [1.82, 2.24) is 14.9 Å². The Bertz CT molecular complexity index is 1190. The lowest BCUT2D eigenvalue weighted by Crippen LogP contribution is -2.17. The van der Waals surface area contributed by atoms with Gasteiger partial charge in [0.2, 0.25) is 5.56 Å². The number of aromatic amines is 2. The van der Waals surface area contributed by atoms with Crippen LogP contribution in [-0.2, 0) is 13.1 Å². The Morgan fingerprint density at radius 2 is 1.65 bits per heavy atom. The summed E-state index contributed by atoms with van der Waals surface area (Å²) in [6.07, 6.45) is 0. The van der Waals surface area contributed by atoms with E-state index in [9.17, 15) is 4.79 Å². The minimum atomic E-state index is -0.224. The second-order valence-electron chi connectivity index (χ2n) is 7.35. The predicted octanol–water partition coefficient (Wildman–Crippen LogP) is 4.81. The van der Waals surface area contributed by atoms with Crippen LogP contribution < -0.4 is 16.6 Å². The van der Waals surface area contributed by atoms with E-state index in [0.717, 1.165) is 35.2 Å². The van der Waals surface area contributed by atoms with Crippen LogP contribution in [0.25, 0.3) is 22.2 Å². The molecule has 0 saturated heterocycles. The Labute approximate surface area is 183 Å². The van der Waals surface area contributed by atoms with E-state index in [4.69, 9.17) is 5.73 Å². The summed E-state index contributed by atoms with van der Waals surface area (Å²) in [5.74, 6) is 0.330. The molecule has 4 rings (SSSR count). The van der Waals surface area contributed by atoms with Crippen molar-refractivity contribution in [3.8, 4) is 11.3 Å². The number of nitrogens with one attached hydrogen (secondary N) is 3. The molecular formula is C25H31N5O. The quantitative estimate of drug-likeness (QED) is 0.363. The van der Waals surface area contributed by atoms with Gasteiger partial charge in [-0.05, 0) is 36.4 Å². The van der Waals surface area contributed by atoms with Gasteiger partial charge in [0.15, 0.2) is 0 Å². The third kappa shape index (κ3) is 5.16. The lowest BCUT2D eigenvalue weighted by molar-refractivity contribution is 0.319. The molecule has 6 heteroatoms. The van der Waals surface area contributed by atoms with Crippen LogP contribution in [0.3, 0.4) is 0 Å². The average Bonchev–Trinajstić information content (AvgIpc) is 3.18. The third-order valence-electron chi connectivity index (χ3n) is 5.05. The SMILES string of the molecule is CC.CNc1c(-c2cc3cc(CN(C)Cc4ccccc4)ccc3[nH]2)cc(=O)[nH]c1N. The van der Waals surface area contributed by atoms with Gasteiger partial charge in [-0.15, -0.1) is 0 Å². The average molecular weight is 418 g/mol. The fourth-order valence-corrected chi connectivity index (χ4v) is 3.75. The number of nitrogens with zero attached hydrogens (tertiary/aromatic N) is 1. The number of nitrogen functional groups attached to an aromatic ring is 1. The first-order chi connectivity index (χ1) is 15.0. The molecule has 2 aromatic heterocycles. The second kappa shape index (κ2) is 10.00. The van der Waals surface area contributed by atoms with E-state index in [1.807, 2.05) is 19.9 Å². The Balaban J connectivity index is 0.00000132. The predicted molar refractivity (Wildman–Crippen MR) is 131 cm³/mol. The summed E-state index contributed by atoms with van der Waals surface area (Å²) >= 11 is 0. The highest BCUT2D eigenvalue weighted by atomic mass is 16.1. The summed E-state index contributed by atoms with van der Waals surface area (Å²) in [7, 11) is 3.91. The molecule has 0 aliphatic heterocycles. The van der Waals surface area contributed by atoms with Crippen molar-refractivity contribution in [1.29, 1.82) is 0 Å². The number of anilines is 2. The minimum Gasteiger partial charge on any atom is -0.385 e. The highest BCUT2D eigenvalue weighted by Crippen LogP contribution is 2.32. The number of benzene rings is 2. The molecule has 0 fully saturated rings. The molecule has 0 bridgehead atoms. The van der Waals surface area contributed by atoms with Gasteiger partial charge >= 0.3 is 0 Å². The van der Waals surface area contributed by atoms with Crippen molar-refractivity contribution in [2.45, 2.75) is 26.9 Å². The molecule has 162 valence electrons. The summed E-state index contributed by atoms with van der Waals surface area (Å²) in [5.41, 5.74) is 11.6. The van der Waals surface area contributed by atoms with Crippen molar-refractivity contribution in [3.63, 3.8) is 0 Å². The highest BCUT2D eigenvalue weighted by molar-refractivity contribution is 5.91. The Morgan fingerprint density at radius 3 is 2.35 bits per heavy atom. The molecule has 0 saturated carbocycles. The minimum absolute atomic E-state index is 0.224. The maximum Gasteiger partial charge on any atom is 0.250 e. The monoisotopic (exact) mass is 417 g/mol. The Morgan fingerprint density at radius 1 is 0.935 bits per heavy atom. The molecule has 0 amide bonds. The van der Waals surface area contributed by atoms with E-state index >= 15 is 0 Å². The molecule has 0 radical (unpaired) electrons. The molecular weight excluding hydrogens is 386 g/mol. The van der Waals surface area contributed by atoms with Crippen molar-refractivity contribution in [2.24, 2.45) is 0 Å². The molecule has 4 aromatic rings. The number of H-pyrrole nitrogens is 2. The van der Waals surface area contributed by atoms with Gasteiger partial charge in [-0.25, -0.2) is 0 Å². The van der Waals surface area contributed by atoms with Gasteiger partial charge in [0.05, 0.1) is 5.69 Å². The first kappa shape index (κ1) is 22.2. The molecule has 0 spiro atoms. The van der Waals surface area contributed by atoms with Crippen LogP contribution in [0.15, 0.2) is 65.5 Å². The largest absolute Gasteiger partial charge is 0.385 e. The maximum absolute atomic E-state index is 11.9. The number of rotatable bonds is 6. The standard InChI is InChI=1S/C23H25N5O.C2H6/c1-25-22-18(12-21(29)27-23(22)24)20-11-17-10-16(8-9-19(17)26-20)14-28(2)13-15-6-4-3-5-7-15;1-2/h3-12,25-26H,13-14H2,1-2H3,(H3,24,27,29);1-2H3. The molecule has 0 aliphatic rings. The number of fused-ring (bicyclic) bond motifs is 1. The molecule has 2 aromatic carbocycles. The first-order valence-corrected chi connectivity index (χ1v) is 10.6. The fourth-order valence-electron chi connectivity index (χ4n) is 3.75. The molecule has 31 heavy (non-hydrogen) atoms. The van der Waals surface area contributed by atoms with Gasteiger partial charge in [-0.3, -0.25) is 9.69 Å². The van der Waals surface area contributed by atoms with Gasteiger partial charge in [-0.1, -0.05) is 50.2 Å². The van der Waals surface area contributed by atoms with Gasteiger partial charge in [0.25, 0.3) is 0 Å². The normalized spacial score (nSPS) is 10.7. The lowest BCUT2D eigenvalue weighted by Gasteiger charge is -2.16. The van der Waals surface area contributed by atoms with Crippen LogP contribution in [-0.4, -0.2) is 29.0 Å². The van der Waals surface area contributed by atoms with E-state index in [1.54, 1.807) is 13.1 Å². The summed E-state index contributed by atoms with van der Waals surface area (Å²) < 4.78 is 0. The van der Waals surface area contributed by atoms with Crippen molar-refractivity contribution >= 4 is 22.4 Å². The summed E-state index contributed by atoms with van der Waals surface area (Å²) in [6.45, 7) is 5.75. The second-order valence-corrected chi connectivity index (χ2v) is 7.35. The number of aromatic nitrogens is 2. The van der Waals surface area contributed by atoms with Crippen molar-refractivity contribution in [2.75, 3.05) is 25.1 Å². The summed E-state index contributed by atoms with van der Waals surface area (Å²) in [5, 5.41) is 4.18. The number of hydrogen-bond donors (Lipinski definition) is 4. The highest BCUT2D eigenvalue weighted by Gasteiger charge is 2.12. The van der Waals surface area contributed by atoms with Gasteiger partial charge < -0.3 is 21.0 Å². The number of pyridine rings is 1. The van der Waals surface area contributed by atoms with E-state index in [1.165, 1.54) is 11.1 Å². The van der Waals surface area contributed by atoms with E-state index in [2.05, 4.69) is 75.8 Å². The van der Waals surface area contributed by atoms with Gasteiger partial charge in [0.1, 0.15) is 5.82 Å². The molecule has 0 unspecified atom stereocenters. The summed E-state index contributed by atoms with van der Waals surface area (Å²) in [6, 6.07) is 20.5. The Hall–Kier alpha value is -3.51. The van der Waals surface area contributed by atoms with Crippen LogP contribution >= 0.6 is 0 Å². The van der Waals surface area contributed by atoms with Crippen molar-refractivity contribution in [3.05, 3.63) is 82.1 Å². The van der Waals surface area contributed by atoms with Gasteiger partial charge in [-0.2, -0.15) is 0 Å². The first-order valence-electron chi connectivity index (χ1n) is 10.6. The number of hydrogen-bond acceptors (Lipinski definition) is 4. The Kier molecular flexibility index (Phi) is 7.15. The number of nitrogens with two attached hydrogens (primary N) is 1. The van der Waals surface area contributed by atoms with Crippen molar-refractivity contribution < 1.29 is 0 Å². The summed E-state index contributed by atoms with van der Waals surface area (Å²) in [4.78, 5) is 20.2. The smallest absolute Gasteiger partial charge is 0.250 e. The van der Waals surface area contributed by atoms with Crippen LogP contribution in [0, 0.1) is 0 Å². The molecule has 0 atom stereocenters. The van der Waals surface area contributed by atoms with Crippen LogP contribution in [0.2, 0.25) is 0 Å². The molecule has 0 aliphatic carbocycles. The van der Waals surface area contributed by atoms with Crippen LogP contribution in [0.4, 0.5) is 11.5 Å². The van der Waals surface area contributed by atoms with Gasteiger partial charge in [0, 0.05) is 48.4 Å². The topological polar surface area (TPSA) is 89.9 Å². The molecule has 6 nitrogen and oxygen atoms in total.